The number of methoxy groups -OCH3 is 3. The molecule has 0 saturated carbocycles. The zero-order chi connectivity index (χ0) is 20.1. The van der Waals surface area contributed by atoms with Gasteiger partial charge in [0.05, 0.1) is 39.3 Å². The van der Waals surface area contributed by atoms with E-state index in [9.17, 15) is 4.79 Å². The van der Waals surface area contributed by atoms with E-state index >= 15 is 0 Å². The van der Waals surface area contributed by atoms with Crippen LogP contribution in [0.3, 0.4) is 0 Å². The first-order valence-corrected chi connectivity index (χ1v) is 9.36. The fourth-order valence-electron chi connectivity index (χ4n) is 3.55. The van der Waals surface area contributed by atoms with Gasteiger partial charge in [-0.3, -0.25) is 15.1 Å². The maximum atomic E-state index is 13.0. The highest BCUT2D eigenvalue weighted by Crippen LogP contribution is 2.39. The van der Waals surface area contributed by atoms with Crippen LogP contribution in [0, 0.1) is 0 Å². The minimum Gasteiger partial charge on any atom is -0.493 e. The maximum absolute atomic E-state index is 13.0. The number of rotatable bonds is 7. The fourth-order valence-corrected chi connectivity index (χ4v) is 3.55. The van der Waals surface area contributed by atoms with Gasteiger partial charge in [0.2, 0.25) is 11.7 Å². The lowest BCUT2D eigenvalue weighted by Crippen LogP contribution is -2.51. The van der Waals surface area contributed by atoms with Gasteiger partial charge >= 0.3 is 0 Å². The topological polar surface area (TPSA) is 72.9 Å². The van der Waals surface area contributed by atoms with Gasteiger partial charge in [-0.2, -0.15) is 0 Å². The summed E-state index contributed by atoms with van der Waals surface area (Å²) < 4.78 is 16.3. The Hall–Kier alpha value is -2.80. The molecule has 0 aliphatic carbocycles. The molecule has 2 aromatic rings. The van der Waals surface area contributed by atoms with Crippen LogP contribution in [0.4, 0.5) is 5.69 Å². The van der Waals surface area contributed by atoms with Crippen molar-refractivity contribution in [2.45, 2.75) is 31.8 Å². The Kier molecular flexibility index (Phi) is 6.36. The number of ether oxygens (including phenoxy) is 3. The van der Waals surface area contributed by atoms with E-state index in [1.165, 1.54) is 0 Å². The largest absolute Gasteiger partial charge is 0.493 e. The van der Waals surface area contributed by atoms with Gasteiger partial charge in [-0.15, -0.1) is 0 Å². The summed E-state index contributed by atoms with van der Waals surface area (Å²) in [7, 11) is 4.76. The van der Waals surface area contributed by atoms with Crippen LogP contribution < -0.4 is 24.4 Å². The Balaban J connectivity index is 1.78. The molecule has 0 bridgehead atoms. The SMILES string of the molecule is COc1cc(C(C)NC2CCCN(c3cccnc3)C2=O)cc(OC)c1OC. The number of aromatic nitrogens is 1. The molecule has 150 valence electrons. The number of amides is 1. The van der Waals surface area contributed by atoms with Gasteiger partial charge in [0.15, 0.2) is 11.5 Å². The first kappa shape index (κ1) is 19.9. The lowest BCUT2D eigenvalue weighted by Gasteiger charge is -2.34. The van der Waals surface area contributed by atoms with Crippen molar-refractivity contribution in [3.8, 4) is 17.2 Å². The molecule has 1 aromatic carbocycles. The van der Waals surface area contributed by atoms with E-state index < -0.39 is 0 Å². The molecule has 1 N–H and O–H groups in total. The van der Waals surface area contributed by atoms with Crippen molar-refractivity contribution in [2.75, 3.05) is 32.8 Å². The molecule has 1 aromatic heterocycles. The summed E-state index contributed by atoms with van der Waals surface area (Å²) in [5.74, 6) is 1.81. The second kappa shape index (κ2) is 8.93. The van der Waals surface area contributed by atoms with E-state index in [1.54, 1.807) is 38.6 Å². The predicted molar refractivity (Wildman–Crippen MR) is 107 cm³/mol. The molecule has 7 nitrogen and oxygen atoms in total. The van der Waals surface area contributed by atoms with Crippen molar-refractivity contribution in [3.63, 3.8) is 0 Å². The maximum Gasteiger partial charge on any atom is 0.244 e. The number of nitrogens with one attached hydrogen (secondary N) is 1. The molecule has 3 rings (SSSR count). The standard InChI is InChI=1S/C21H27N3O4/c1-14(15-11-18(26-2)20(28-4)19(12-15)27-3)23-17-8-6-10-24(21(17)25)16-7-5-9-22-13-16/h5,7,9,11-14,17,23H,6,8,10H2,1-4H3. The summed E-state index contributed by atoms with van der Waals surface area (Å²) in [6.07, 6.45) is 5.16. The van der Waals surface area contributed by atoms with Gasteiger partial charge in [-0.05, 0) is 49.6 Å². The number of carbonyl (C=O) groups is 1. The van der Waals surface area contributed by atoms with E-state index in [1.807, 2.05) is 31.2 Å². The van der Waals surface area contributed by atoms with E-state index in [0.717, 1.165) is 24.1 Å². The lowest BCUT2D eigenvalue weighted by atomic mass is 10.0. The molecule has 28 heavy (non-hydrogen) atoms. The van der Waals surface area contributed by atoms with Crippen LogP contribution in [0.1, 0.15) is 31.4 Å². The zero-order valence-corrected chi connectivity index (χ0v) is 16.8. The molecule has 2 atom stereocenters. The Morgan fingerprint density at radius 2 is 1.89 bits per heavy atom. The Morgan fingerprint density at radius 1 is 1.18 bits per heavy atom. The Bertz CT molecular complexity index is 788. The quantitative estimate of drug-likeness (QED) is 0.790. The Morgan fingerprint density at radius 3 is 2.46 bits per heavy atom. The summed E-state index contributed by atoms with van der Waals surface area (Å²) in [6.45, 7) is 2.73. The van der Waals surface area contributed by atoms with Crippen LogP contribution in [0.25, 0.3) is 0 Å². The summed E-state index contributed by atoms with van der Waals surface area (Å²) in [5.41, 5.74) is 1.79. The highest BCUT2D eigenvalue weighted by Gasteiger charge is 2.31. The van der Waals surface area contributed by atoms with Gasteiger partial charge < -0.3 is 19.1 Å². The lowest BCUT2D eigenvalue weighted by molar-refractivity contribution is -0.122. The second-order valence-electron chi connectivity index (χ2n) is 6.74. The van der Waals surface area contributed by atoms with Crippen molar-refractivity contribution >= 4 is 11.6 Å². The van der Waals surface area contributed by atoms with Gasteiger partial charge in [0, 0.05) is 18.8 Å². The molecule has 0 spiro atoms. The third-order valence-electron chi connectivity index (χ3n) is 5.03. The van der Waals surface area contributed by atoms with Gasteiger partial charge in [-0.25, -0.2) is 0 Å². The average Bonchev–Trinajstić information content (AvgIpc) is 2.74. The van der Waals surface area contributed by atoms with Gasteiger partial charge in [0.25, 0.3) is 0 Å². The van der Waals surface area contributed by atoms with Crippen LogP contribution in [0.15, 0.2) is 36.7 Å². The van der Waals surface area contributed by atoms with Crippen molar-refractivity contribution in [1.29, 1.82) is 0 Å². The Labute approximate surface area is 165 Å². The van der Waals surface area contributed by atoms with Gasteiger partial charge in [0.1, 0.15) is 0 Å². The highest BCUT2D eigenvalue weighted by molar-refractivity contribution is 5.97. The molecule has 7 heteroatoms. The number of piperidine rings is 1. The van der Waals surface area contributed by atoms with Crippen LogP contribution in [0.5, 0.6) is 17.2 Å². The van der Waals surface area contributed by atoms with Gasteiger partial charge in [-0.1, -0.05) is 0 Å². The van der Waals surface area contributed by atoms with Crippen LogP contribution in [-0.4, -0.2) is 44.8 Å². The van der Waals surface area contributed by atoms with E-state index in [4.69, 9.17) is 14.2 Å². The number of hydrogen-bond donors (Lipinski definition) is 1. The second-order valence-corrected chi connectivity index (χ2v) is 6.74. The molecule has 1 saturated heterocycles. The third-order valence-corrected chi connectivity index (χ3v) is 5.03. The van der Waals surface area contributed by atoms with E-state index in [-0.39, 0.29) is 18.0 Å². The molecule has 2 unspecified atom stereocenters. The molecule has 2 heterocycles. The molecular weight excluding hydrogens is 358 g/mol. The molecule has 1 aliphatic rings. The van der Waals surface area contributed by atoms with Crippen LogP contribution in [0.2, 0.25) is 0 Å². The number of pyridine rings is 1. The summed E-state index contributed by atoms with van der Waals surface area (Å²) in [5, 5.41) is 3.46. The first-order valence-electron chi connectivity index (χ1n) is 9.36. The van der Waals surface area contributed by atoms with E-state index in [2.05, 4.69) is 10.3 Å². The fraction of sp³-hybridized carbons (Fsp3) is 0.429. The van der Waals surface area contributed by atoms with Crippen molar-refractivity contribution in [3.05, 3.63) is 42.2 Å². The highest BCUT2D eigenvalue weighted by atomic mass is 16.5. The molecule has 0 radical (unpaired) electrons. The normalized spacial score (nSPS) is 17.9. The summed E-state index contributed by atoms with van der Waals surface area (Å²) in [6, 6.07) is 7.24. The molecular formula is C21H27N3O4. The zero-order valence-electron chi connectivity index (χ0n) is 16.8. The van der Waals surface area contributed by atoms with Crippen LogP contribution in [-0.2, 0) is 4.79 Å². The number of nitrogens with zero attached hydrogens (tertiary/aromatic N) is 2. The van der Waals surface area contributed by atoms with Crippen molar-refractivity contribution in [1.82, 2.24) is 10.3 Å². The first-order chi connectivity index (χ1) is 13.6. The van der Waals surface area contributed by atoms with Crippen molar-refractivity contribution < 1.29 is 19.0 Å². The molecule has 1 fully saturated rings. The third kappa shape index (κ3) is 4.04. The molecule has 1 amide bonds. The number of hydrogen-bond acceptors (Lipinski definition) is 6. The predicted octanol–water partition coefficient (Wildman–Crippen LogP) is 2.95. The van der Waals surface area contributed by atoms with E-state index in [0.29, 0.717) is 23.8 Å². The number of anilines is 1. The summed E-state index contributed by atoms with van der Waals surface area (Å²) >= 11 is 0. The van der Waals surface area contributed by atoms with Crippen LogP contribution >= 0.6 is 0 Å². The smallest absolute Gasteiger partial charge is 0.244 e. The minimum absolute atomic E-state index is 0.0681. The molecule has 1 aliphatic heterocycles. The summed E-state index contributed by atoms with van der Waals surface area (Å²) in [4.78, 5) is 18.9. The number of carbonyl (C=O) groups excluding carboxylic acids is 1. The average molecular weight is 385 g/mol. The monoisotopic (exact) mass is 385 g/mol. The number of benzene rings is 1. The minimum atomic E-state index is -0.261. The van der Waals surface area contributed by atoms with Crippen molar-refractivity contribution in [2.24, 2.45) is 0 Å².